The molecule has 0 aromatic carbocycles. The molecule has 1 saturated carbocycles. The first kappa shape index (κ1) is 13.9. The van der Waals surface area contributed by atoms with E-state index in [2.05, 4.69) is 25.7 Å². The van der Waals surface area contributed by atoms with Crippen LogP contribution in [0.1, 0.15) is 52.9 Å². The summed E-state index contributed by atoms with van der Waals surface area (Å²) in [5, 5.41) is 9.21. The van der Waals surface area contributed by atoms with E-state index in [9.17, 15) is 9.90 Å². The fraction of sp³-hybridized carbons (Fsp3) is 0.933. The zero-order chi connectivity index (χ0) is 13.3. The maximum Gasteiger partial charge on any atom is 0.308 e. The Labute approximate surface area is 111 Å². The predicted molar refractivity (Wildman–Crippen MR) is 72.5 cm³/mol. The second-order valence-corrected chi connectivity index (χ2v) is 6.54. The molecule has 1 aliphatic heterocycles. The van der Waals surface area contributed by atoms with Crippen molar-refractivity contribution < 1.29 is 9.90 Å². The molecule has 0 aromatic heterocycles. The molecular weight excluding hydrogens is 226 g/mol. The first-order valence-corrected chi connectivity index (χ1v) is 7.49. The molecule has 0 amide bonds. The van der Waals surface area contributed by atoms with Gasteiger partial charge in [0.2, 0.25) is 0 Å². The Hall–Kier alpha value is -0.570. The summed E-state index contributed by atoms with van der Waals surface area (Å²) in [5.74, 6) is 0.839. The van der Waals surface area contributed by atoms with Crippen molar-refractivity contribution in [2.75, 3.05) is 6.54 Å². The lowest BCUT2D eigenvalue weighted by Gasteiger charge is -2.39. The van der Waals surface area contributed by atoms with Gasteiger partial charge in [0, 0.05) is 12.1 Å². The maximum absolute atomic E-state index is 11.2. The van der Waals surface area contributed by atoms with E-state index in [4.69, 9.17) is 0 Å². The van der Waals surface area contributed by atoms with Gasteiger partial charge in [-0.1, -0.05) is 26.7 Å². The van der Waals surface area contributed by atoms with E-state index >= 15 is 0 Å². The first-order chi connectivity index (χ1) is 8.50. The molecule has 4 unspecified atom stereocenters. The summed E-state index contributed by atoms with van der Waals surface area (Å²) in [6.45, 7) is 7.72. The molecule has 0 bridgehead atoms. The number of aliphatic carboxylic acids is 1. The van der Waals surface area contributed by atoms with E-state index in [1.165, 1.54) is 25.7 Å². The molecule has 104 valence electrons. The van der Waals surface area contributed by atoms with Crippen molar-refractivity contribution in [1.82, 2.24) is 4.90 Å². The molecule has 1 N–H and O–H groups in total. The van der Waals surface area contributed by atoms with Gasteiger partial charge in [0.15, 0.2) is 0 Å². The van der Waals surface area contributed by atoms with Gasteiger partial charge in [0.25, 0.3) is 0 Å². The van der Waals surface area contributed by atoms with E-state index in [1.54, 1.807) is 0 Å². The first-order valence-electron chi connectivity index (χ1n) is 7.49. The van der Waals surface area contributed by atoms with Gasteiger partial charge >= 0.3 is 5.97 Å². The average Bonchev–Trinajstić information content (AvgIpc) is 2.71. The van der Waals surface area contributed by atoms with Gasteiger partial charge in [0.1, 0.15) is 0 Å². The van der Waals surface area contributed by atoms with Crippen LogP contribution in [0.15, 0.2) is 0 Å². The van der Waals surface area contributed by atoms with Gasteiger partial charge in [-0.05, 0) is 44.6 Å². The van der Waals surface area contributed by atoms with Gasteiger partial charge in [-0.2, -0.15) is 0 Å². The number of carboxylic acids is 1. The van der Waals surface area contributed by atoms with E-state index in [1.807, 2.05) is 0 Å². The van der Waals surface area contributed by atoms with Crippen molar-refractivity contribution in [3.05, 3.63) is 0 Å². The molecular formula is C15H27NO2. The number of nitrogens with zero attached hydrogens (tertiary/aromatic N) is 1. The summed E-state index contributed by atoms with van der Waals surface area (Å²) >= 11 is 0. The number of likely N-dealkylation sites (tertiary alicyclic amines) is 1. The highest BCUT2D eigenvalue weighted by Crippen LogP contribution is 2.36. The third kappa shape index (κ3) is 2.71. The van der Waals surface area contributed by atoms with E-state index < -0.39 is 5.97 Å². The lowest BCUT2D eigenvalue weighted by molar-refractivity contribution is -0.142. The summed E-state index contributed by atoms with van der Waals surface area (Å²) in [4.78, 5) is 13.7. The highest BCUT2D eigenvalue weighted by molar-refractivity contribution is 5.71. The van der Waals surface area contributed by atoms with Gasteiger partial charge in [0.05, 0.1) is 5.92 Å². The number of hydrogen-bond acceptors (Lipinski definition) is 2. The molecule has 1 heterocycles. The minimum Gasteiger partial charge on any atom is -0.481 e. The van der Waals surface area contributed by atoms with E-state index in [0.29, 0.717) is 6.04 Å². The minimum absolute atomic E-state index is 0.149. The fourth-order valence-corrected chi connectivity index (χ4v) is 3.92. The van der Waals surface area contributed by atoms with Gasteiger partial charge < -0.3 is 5.11 Å². The van der Waals surface area contributed by atoms with Crippen LogP contribution in [0, 0.1) is 17.8 Å². The van der Waals surface area contributed by atoms with Crippen LogP contribution >= 0.6 is 0 Å². The zero-order valence-corrected chi connectivity index (χ0v) is 11.9. The molecule has 0 aromatic rings. The van der Waals surface area contributed by atoms with Crippen molar-refractivity contribution >= 4 is 5.97 Å². The Kier molecular flexibility index (Phi) is 4.31. The molecule has 2 fully saturated rings. The molecule has 2 rings (SSSR count). The summed E-state index contributed by atoms with van der Waals surface area (Å²) < 4.78 is 0. The topological polar surface area (TPSA) is 40.5 Å². The average molecular weight is 253 g/mol. The number of rotatable bonds is 3. The van der Waals surface area contributed by atoms with Crippen molar-refractivity contribution in [3.63, 3.8) is 0 Å². The van der Waals surface area contributed by atoms with Crippen LogP contribution in [0.25, 0.3) is 0 Å². The normalized spacial score (nSPS) is 38.2. The number of carboxylic acid groups (broad SMARTS) is 1. The predicted octanol–water partition coefficient (Wildman–Crippen LogP) is 3.00. The standard InChI is InChI=1S/C15H27NO2/c1-10(2)12-5-4-6-13(9-12)16-8-7-14(11(16)3)15(17)18/h10-14H,4-9H2,1-3H3,(H,17,18). The summed E-state index contributed by atoms with van der Waals surface area (Å²) in [7, 11) is 0. The van der Waals surface area contributed by atoms with Crippen LogP contribution in [0.4, 0.5) is 0 Å². The SMILES string of the molecule is CC(C)C1CCCC(N2CCC(C(=O)O)C2C)C1. The highest BCUT2D eigenvalue weighted by atomic mass is 16.4. The monoisotopic (exact) mass is 253 g/mol. The Bertz CT molecular complexity index is 303. The Morgan fingerprint density at radius 3 is 2.56 bits per heavy atom. The molecule has 18 heavy (non-hydrogen) atoms. The van der Waals surface area contributed by atoms with Gasteiger partial charge in [-0.15, -0.1) is 0 Å². The second-order valence-electron chi connectivity index (χ2n) is 6.54. The lowest BCUT2D eigenvalue weighted by Crippen LogP contribution is -2.43. The van der Waals surface area contributed by atoms with Crippen LogP contribution in [-0.4, -0.2) is 34.6 Å². The van der Waals surface area contributed by atoms with Crippen LogP contribution < -0.4 is 0 Å². The molecule has 1 aliphatic carbocycles. The van der Waals surface area contributed by atoms with Crippen LogP contribution in [-0.2, 0) is 4.79 Å². The zero-order valence-electron chi connectivity index (χ0n) is 11.9. The molecule has 4 atom stereocenters. The fourth-order valence-electron chi connectivity index (χ4n) is 3.92. The number of hydrogen-bond donors (Lipinski definition) is 1. The highest BCUT2D eigenvalue weighted by Gasteiger charge is 2.40. The number of carbonyl (C=O) groups is 1. The molecule has 1 saturated heterocycles. The van der Waals surface area contributed by atoms with Crippen molar-refractivity contribution in [1.29, 1.82) is 0 Å². The minimum atomic E-state index is -0.610. The van der Waals surface area contributed by atoms with E-state index in [0.717, 1.165) is 24.8 Å². The maximum atomic E-state index is 11.2. The third-order valence-electron chi connectivity index (χ3n) is 5.22. The summed E-state index contributed by atoms with van der Waals surface area (Å²) in [6.07, 6.45) is 6.04. The largest absolute Gasteiger partial charge is 0.481 e. The van der Waals surface area contributed by atoms with Crippen molar-refractivity contribution in [2.45, 2.75) is 65.0 Å². The van der Waals surface area contributed by atoms with E-state index in [-0.39, 0.29) is 12.0 Å². The quantitative estimate of drug-likeness (QED) is 0.840. The summed E-state index contributed by atoms with van der Waals surface area (Å²) in [6, 6.07) is 0.851. The summed E-state index contributed by atoms with van der Waals surface area (Å²) in [5.41, 5.74) is 0. The Morgan fingerprint density at radius 2 is 2.00 bits per heavy atom. The molecule has 2 aliphatic rings. The Balaban J connectivity index is 1.97. The molecule has 3 heteroatoms. The van der Waals surface area contributed by atoms with Crippen LogP contribution in [0.3, 0.4) is 0 Å². The second kappa shape index (κ2) is 5.60. The molecule has 3 nitrogen and oxygen atoms in total. The van der Waals surface area contributed by atoms with Gasteiger partial charge in [-0.3, -0.25) is 9.69 Å². The molecule has 0 spiro atoms. The van der Waals surface area contributed by atoms with Crippen molar-refractivity contribution in [2.24, 2.45) is 17.8 Å². The van der Waals surface area contributed by atoms with Crippen LogP contribution in [0.5, 0.6) is 0 Å². The van der Waals surface area contributed by atoms with Gasteiger partial charge in [-0.25, -0.2) is 0 Å². The van der Waals surface area contributed by atoms with Crippen molar-refractivity contribution in [3.8, 4) is 0 Å². The molecule has 0 radical (unpaired) electrons. The Morgan fingerprint density at radius 1 is 1.28 bits per heavy atom. The van der Waals surface area contributed by atoms with Crippen LogP contribution in [0.2, 0.25) is 0 Å². The lowest BCUT2D eigenvalue weighted by atomic mass is 9.78. The smallest absolute Gasteiger partial charge is 0.308 e. The third-order valence-corrected chi connectivity index (χ3v) is 5.22.